The van der Waals surface area contributed by atoms with E-state index in [0.29, 0.717) is 12.6 Å². The first-order chi connectivity index (χ1) is 18.9. The zero-order valence-electron chi connectivity index (χ0n) is 22.7. The molecule has 0 aliphatic rings. The van der Waals surface area contributed by atoms with Crippen LogP contribution in [0.3, 0.4) is 0 Å². The second-order valence-corrected chi connectivity index (χ2v) is 16.1. The first-order valence-corrected chi connectivity index (χ1v) is 17.2. The molecule has 4 aromatic rings. The monoisotopic (exact) mass is 556 g/mol. The molecule has 0 aliphatic carbocycles. The molecule has 0 fully saturated rings. The molecule has 0 saturated carbocycles. The van der Waals surface area contributed by atoms with E-state index in [1.54, 1.807) is 12.1 Å². The first kappa shape index (κ1) is 28.7. The zero-order valence-corrected chi connectivity index (χ0v) is 24.4. The van der Waals surface area contributed by atoms with Gasteiger partial charge in [0.15, 0.2) is 0 Å². The van der Waals surface area contributed by atoms with Gasteiger partial charge in [0, 0.05) is 0 Å². The topological polar surface area (TPSA) is 43.4 Å². The Kier molecular flexibility index (Phi) is 9.35. The van der Waals surface area contributed by atoms with Gasteiger partial charge in [-0.05, 0) is 0 Å². The normalized spacial score (nSPS) is 13.4. The SMILES string of the molecule is CC/C=C\C/C=C\CCP(OS(=O)(=O)c1ccc(C)cc1)(c1ccccc1)(c1ccccc1)c1ccccc1. The van der Waals surface area contributed by atoms with E-state index in [4.69, 9.17) is 3.97 Å². The molecule has 39 heavy (non-hydrogen) atoms. The van der Waals surface area contributed by atoms with Gasteiger partial charge in [-0.1, -0.05) is 0 Å². The Labute approximate surface area is 234 Å². The van der Waals surface area contributed by atoms with Crippen LogP contribution in [-0.4, -0.2) is 14.6 Å². The summed E-state index contributed by atoms with van der Waals surface area (Å²) in [6, 6.07) is 36.7. The van der Waals surface area contributed by atoms with E-state index in [1.807, 2.05) is 110 Å². The summed E-state index contributed by atoms with van der Waals surface area (Å²) in [4.78, 5) is 0.158. The molecule has 3 nitrogen and oxygen atoms in total. The van der Waals surface area contributed by atoms with Crippen LogP contribution in [0.5, 0.6) is 0 Å². The van der Waals surface area contributed by atoms with Gasteiger partial charge in [-0.2, -0.15) is 0 Å². The third-order valence-corrected chi connectivity index (χ3v) is 15.3. The van der Waals surface area contributed by atoms with Gasteiger partial charge in [-0.25, -0.2) is 0 Å². The second kappa shape index (κ2) is 12.7. The average Bonchev–Trinajstić information content (AvgIpc) is 2.98. The molecule has 0 bridgehead atoms. The van der Waals surface area contributed by atoms with Crippen LogP contribution in [0, 0.1) is 6.92 Å². The molecule has 0 unspecified atom stereocenters. The van der Waals surface area contributed by atoms with Crippen molar-refractivity contribution in [2.45, 2.75) is 38.0 Å². The fraction of sp³-hybridized carbons (Fsp3) is 0.176. The molecule has 202 valence electrons. The summed E-state index contributed by atoms with van der Waals surface area (Å²) >= 11 is 0. The summed E-state index contributed by atoms with van der Waals surface area (Å²) in [5.41, 5.74) is 0.989. The summed E-state index contributed by atoms with van der Waals surface area (Å²) in [6.45, 7) is -0.00810. The number of aryl methyl sites for hydroxylation is 1. The van der Waals surface area contributed by atoms with E-state index in [2.05, 4.69) is 31.2 Å². The van der Waals surface area contributed by atoms with Gasteiger partial charge < -0.3 is 0 Å². The molecule has 0 radical (unpaired) electrons. The van der Waals surface area contributed by atoms with E-state index < -0.39 is 16.9 Å². The predicted octanol–water partition coefficient (Wildman–Crippen LogP) is 7.45. The third-order valence-electron chi connectivity index (χ3n) is 7.04. The van der Waals surface area contributed by atoms with Crippen molar-refractivity contribution in [2.75, 3.05) is 6.16 Å². The fourth-order valence-electron chi connectivity index (χ4n) is 5.07. The molecule has 0 atom stereocenters. The van der Waals surface area contributed by atoms with Crippen LogP contribution in [0.1, 0.15) is 31.7 Å². The molecule has 0 amide bonds. The summed E-state index contributed by atoms with van der Waals surface area (Å²) in [5.74, 6) is 0. The van der Waals surface area contributed by atoms with Gasteiger partial charge in [0.2, 0.25) is 0 Å². The fourth-order valence-corrected chi connectivity index (χ4v) is 13.7. The van der Waals surface area contributed by atoms with Gasteiger partial charge in [0.05, 0.1) is 0 Å². The van der Waals surface area contributed by atoms with Gasteiger partial charge in [-0.15, -0.1) is 0 Å². The number of rotatable bonds is 12. The van der Waals surface area contributed by atoms with Crippen LogP contribution in [0.25, 0.3) is 0 Å². The first-order valence-electron chi connectivity index (χ1n) is 13.4. The van der Waals surface area contributed by atoms with Gasteiger partial charge in [0.1, 0.15) is 0 Å². The molecule has 5 heteroatoms. The predicted molar refractivity (Wildman–Crippen MR) is 167 cm³/mol. The Hall–Kier alpha value is -3.30. The van der Waals surface area contributed by atoms with Crippen molar-refractivity contribution in [2.24, 2.45) is 0 Å². The molecule has 4 aromatic carbocycles. The Morgan fingerprint density at radius 1 is 0.641 bits per heavy atom. The third kappa shape index (κ3) is 5.99. The van der Waals surface area contributed by atoms with Crippen molar-refractivity contribution >= 4 is 32.9 Å². The molecule has 0 N–H and O–H groups in total. The van der Waals surface area contributed by atoms with Crippen molar-refractivity contribution in [3.8, 4) is 0 Å². The van der Waals surface area contributed by atoms with Gasteiger partial charge in [-0.3, -0.25) is 0 Å². The summed E-state index contributed by atoms with van der Waals surface area (Å²) in [6.07, 6.45) is 11.6. The zero-order chi connectivity index (χ0) is 27.6. The van der Waals surface area contributed by atoms with Gasteiger partial charge >= 0.3 is 235 Å². The summed E-state index contributed by atoms with van der Waals surface area (Å²) in [5, 5.41) is 2.66. The Morgan fingerprint density at radius 3 is 1.56 bits per heavy atom. The van der Waals surface area contributed by atoms with E-state index in [-0.39, 0.29) is 4.90 Å². The van der Waals surface area contributed by atoms with Crippen LogP contribution >= 0.6 is 6.83 Å². The standard InChI is InChI=1S/C34H37O3PS/c1-3-4-5-6-7-8-18-29-38(31-19-12-9-13-20-31,32-21-14-10-15-22-32,33-23-16-11-17-24-33)37-39(35,36)34-27-25-30(2)26-28-34/h4-5,7-17,19-28H,3,6,18,29H2,1-2H3/b5-4-,8-7-. The van der Waals surface area contributed by atoms with E-state index >= 15 is 0 Å². The minimum absolute atomic E-state index is 0.158. The van der Waals surface area contributed by atoms with E-state index in [9.17, 15) is 8.42 Å². The maximum absolute atomic E-state index is 14.3. The molecule has 0 aliphatic heterocycles. The minimum atomic E-state index is -4.17. The molecular formula is C34H37O3PS. The number of allylic oxidation sites excluding steroid dienone is 4. The second-order valence-electron chi connectivity index (χ2n) is 9.66. The van der Waals surface area contributed by atoms with Crippen molar-refractivity contribution in [3.05, 3.63) is 145 Å². The molecule has 0 spiro atoms. The molecule has 0 aromatic heterocycles. The van der Waals surface area contributed by atoms with Gasteiger partial charge in [0.25, 0.3) is 0 Å². The quantitative estimate of drug-likeness (QED) is 0.134. The van der Waals surface area contributed by atoms with E-state index in [1.165, 1.54) is 0 Å². The number of benzene rings is 4. The molecule has 4 rings (SSSR count). The molecular weight excluding hydrogens is 519 g/mol. The van der Waals surface area contributed by atoms with E-state index in [0.717, 1.165) is 34.3 Å². The summed E-state index contributed by atoms with van der Waals surface area (Å²) < 4.78 is 35.4. The van der Waals surface area contributed by atoms with Crippen LogP contribution < -0.4 is 15.9 Å². The van der Waals surface area contributed by atoms with Crippen LogP contribution in [0.4, 0.5) is 0 Å². The Bertz CT molecular complexity index is 1400. The Morgan fingerprint density at radius 2 is 1.10 bits per heavy atom. The van der Waals surface area contributed by atoms with Crippen molar-refractivity contribution < 1.29 is 12.4 Å². The van der Waals surface area contributed by atoms with Crippen molar-refractivity contribution in [3.63, 3.8) is 0 Å². The van der Waals surface area contributed by atoms with Crippen LogP contribution in [-0.2, 0) is 14.1 Å². The van der Waals surface area contributed by atoms with Crippen LogP contribution in [0.15, 0.2) is 144 Å². The molecule has 0 heterocycles. The maximum atomic E-state index is 14.3. The summed E-state index contributed by atoms with van der Waals surface area (Å²) in [7, 11) is -4.17. The van der Waals surface area contributed by atoms with Crippen molar-refractivity contribution in [1.29, 1.82) is 0 Å². The van der Waals surface area contributed by atoms with Crippen molar-refractivity contribution in [1.82, 2.24) is 0 Å². The molecule has 0 saturated heterocycles. The number of hydrogen-bond donors (Lipinski definition) is 0. The van der Waals surface area contributed by atoms with Crippen LogP contribution in [0.2, 0.25) is 0 Å². The Balaban J connectivity index is 2.02. The average molecular weight is 557 g/mol. The number of hydrogen-bond acceptors (Lipinski definition) is 3.